The van der Waals surface area contributed by atoms with Gasteiger partial charge in [0, 0.05) is 53.9 Å². The Morgan fingerprint density at radius 1 is 0.929 bits per heavy atom. The summed E-state index contributed by atoms with van der Waals surface area (Å²) in [4.78, 5) is 85.2. The number of aryl methyl sites for hydroxylation is 1. The monoisotopic (exact) mass is 802 g/mol. The molecule has 2 fully saturated rings. The normalized spacial score (nSPS) is 18.9. The van der Waals surface area contributed by atoms with Crippen LogP contribution in [0.2, 0.25) is 0 Å². The number of anilines is 1. The summed E-state index contributed by atoms with van der Waals surface area (Å²) in [6.45, 7) is 0.0798. The number of halogens is 2. The fraction of sp³-hybridized carbons (Fsp3) is 0.282. The zero-order valence-electron chi connectivity index (χ0n) is 29.8. The topological polar surface area (TPSA) is 182 Å². The van der Waals surface area contributed by atoms with Crippen molar-refractivity contribution in [2.45, 2.75) is 55.9 Å². The lowest BCUT2D eigenvalue weighted by atomic mass is 10.1. The van der Waals surface area contributed by atoms with Gasteiger partial charge in [0.1, 0.15) is 18.4 Å². The van der Waals surface area contributed by atoms with Crippen molar-refractivity contribution in [2.75, 3.05) is 18.4 Å². The van der Waals surface area contributed by atoms with E-state index in [1.165, 1.54) is 28.3 Å². The average molecular weight is 803 g/mol. The molecule has 4 N–H and O–H groups in total. The van der Waals surface area contributed by atoms with Crippen LogP contribution in [0, 0.1) is 0 Å². The highest BCUT2D eigenvalue weighted by Gasteiger charge is 2.50. The van der Waals surface area contributed by atoms with Crippen molar-refractivity contribution in [2.24, 2.45) is 0 Å². The van der Waals surface area contributed by atoms with Crippen molar-refractivity contribution in [3.63, 3.8) is 0 Å². The molecule has 0 unspecified atom stereocenters. The van der Waals surface area contributed by atoms with Crippen molar-refractivity contribution < 1.29 is 42.3 Å². The number of benzene rings is 3. The van der Waals surface area contributed by atoms with Crippen molar-refractivity contribution in [3.8, 4) is 11.1 Å². The molecule has 4 amide bonds. The predicted octanol–water partition coefficient (Wildman–Crippen LogP) is 5.55. The molecule has 4 heterocycles. The number of rotatable bonds is 10. The Bertz CT molecular complexity index is 2310. The smallest absolute Gasteiger partial charge is 0.340 e. The van der Waals surface area contributed by atoms with Crippen LogP contribution in [-0.4, -0.2) is 84.4 Å². The van der Waals surface area contributed by atoms with Gasteiger partial charge in [-0.25, -0.2) is 9.97 Å². The van der Waals surface area contributed by atoms with E-state index in [0.717, 1.165) is 40.2 Å². The molecular formula is C39H37F2N6O7PS. The van der Waals surface area contributed by atoms with Crippen molar-refractivity contribution in [1.29, 1.82) is 0 Å². The molecule has 56 heavy (non-hydrogen) atoms. The van der Waals surface area contributed by atoms with Crippen LogP contribution in [0.4, 0.5) is 14.5 Å². The highest BCUT2D eigenvalue weighted by atomic mass is 32.1. The summed E-state index contributed by atoms with van der Waals surface area (Å²) < 4.78 is 40.8. The van der Waals surface area contributed by atoms with E-state index in [0.29, 0.717) is 36.1 Å². The zero-order valence-corrected chi connectivity index (χ0v) is 31.5. The second kappa shape index (κ2) is 16.0. The lowest BCUT2D eigenvalue weighted by molar-refractivity contribution is -0.144. The fourth-order valence-corrected chi connectivity index (χ4v) is 8.60. The Hall–Kier alpha value is -5.41. The number of nitrogens with one attached hydrogen (secondary N) is 2. The highest BCUT2D eigenvalue weighted by molar-refractivity contribution is 7.52. The van der Waals surface area contributed by atoms with Crippen LogP contribution in [0.15, 0.2) is 97.6 Å². The van der Waals surface area contributed by atoms with E-state index in [1.54, 1.807) is 24.5 Å². The minimum Gasteiger partial charge on any atom is -0.340 e. The Morgan fingerprint density at radius 2 is 1.64 bits per heavy atom. The molecule has 2 saturated heterocycles. The van der Waals surface area contributed by atoms with Crippen LogP contribution >= 0.6 is 18.9 Å². The fourth-order valence-electron chi connectivity index (χ4n) is 7.18. The molecule has 2 aliphatic heterocycles. The molecule has 2 aromatic heterocycles. The number of hydrogen-bond acceptors (Lipinski definition) is 8. The van der Waals surface area contributed by atoms with E-state index in [4.69, 9.17) is 0 Å². The summed E-state index contributed by atoms with van der Waals surface area (Å²) in [5.41, 5.74) is -2.06. The molecule has 0 aliphatic carbocycles. The summed E-state index contributed by atoms with van der Waals surface area (Å²) in [6.07, 6.45) is 6.35. The van der Waals surface area contributed by atoms with Gasteiger partial charge in [-0.05, 0) is 78.1 Å². The molecular weight excluding hydrogens is 766 g/mol. The number of nitrogens with zero attached hydrogens (tertiary/aromatic N) is 4. The summed E-state index contributed by atoms with van der Waals surface area (Å²) in [5, 5.41) is 5.83. The molecule has 7 rings (SSSR count). The summed E-state index contributed by atoms with van der Waals surface area (Å²) in [6, 6.07) is 19.0. The number of fused-ring (bicyclic) bond motifs is 2. The molecule has 17 heteroatoms. The van der Waals surface area contributed by atoms with Gasteiger partial charge in [0.05, 0.1) is 4.88 Å². The molecule has 0 spiro atoms. The molecule has 3 atom stereocenters. The molecule has 0 bridgehead atoms. The third-order valence-electron chi connectivity index (χ3n) is 10.1. The molecule has 3 aromatic carbocycles. The van der Waals surface area contributed by atoms with Crippen LogP contribution in [0.25, 0.3) is 21.2 Å². The second-order valence-corrected chi connectivity index (χ2v) is 16.5. The molecule has 0 radical (unpaired) electrons. The Balaban J connectivity index is 1.12. The summed E-state index contributed by atoms with van der Waals surface area (Å²) in [7, 11) is -5.83. The Morgan fingerprint density at radius 3 is 2.36 bits per heavy atom. The van der Waals surface area contributed by atoms with E-state index >= 15 is 0 Å². The van der Waals surface area contributed by atoms with Gasteiger partial charge in [0.25, 0.3) is 5.91 Å². The number of carbonyl (C=O) groups excluding carboxylic acids is 4. The number of alkyl halides is 2. The lowest BCUT2D eigenvalue weighted by Crippen LogP contribution is -2.60. The third-order valence-corrected chi connectivity index (χ3v) is 12.2. The standard InChI is InChI=1S/C39H37F2N6O7PS/c40-39(41,55(52,53)54)28-9-14-33-27(18-28)19-34(56-33)37(50)45-31-22-46(35(48)15-6-24-20-42-23-43-21-24)17-16-30-12-13-32(47(30)38(31)51)36(49)44-29-10-7-26(8-11-29)25-4-2-1-3-5-25/h1-5,7-11,14,18-21,23,30-32H,6,12-13,15-17,22H2,(H,44,49)(H,45,50)(H2,52,53,54)/t30-,31+,32+/m1/s1. The minimum atomic E-state index is -5.83. The van der Waals surface area contributed by atoms with E-state index in [1.807, 2.05) is 42.5 Å². The SMILES string of the molecule is O=C(N[C@H]1CN(C(=O)CCc2cncnc2)CC[C@H]2CC[C@@H](C(=O)Nc3ccc(-c4ccccc4)cc3)N2C1=O)c1cc2cc(C(F)(F)P(=O)(O)O)ccc2s1. The number of hydrogen-bond donors (Lipinski definition) is 4. The first kappa shape index (κ1) is 38.8. The predicted molar refractivity (Wildman–Crippen MR) is 205 cm³/mol. The van der Waals surface area contributed by atoms with Crippen LogP contribution in [0.3, 0.4) is 0 Å². The minimum absolute atomic E-state index is 0.0414. The van der Waals surface area contributed by atoms with Crippen LogP contribution in [0.1, 0.15) is 46.5 Å². The second-order valence-electron chi connectivity index (χ2n) is 13.8. The summed E-state index contributed by atoms with van der Waals surface area (Å²) >= 11 is 0.937. The van der Waals surface area contributed by atoms with Crippen molar-refractivity contribution in [3.05, 3.63) is 114 Å². The van der Waals surface area contributed by atoms with Gasteiger partial charge in [-0.15, -0.1) is 11.3 Å². The molecule has 5 aromatic rings. The van der Waals surface area contributed by atoms with E-state index in [-0.39, 0.29) is 41.6 Å². The molecule has 13 nitrogen and oxygen atoms in total. The number of amides is 4. The van der Waals surface area contributed by atoms with Gasteiger partial charge in [-0.1, -0.05) is 48.5 Å². The van der Waals surface area contributed by atoms with Crippen LogP contribution in [0.5, 0.6) is 0 Å². The maximum absolute atomic E-state index is 14.5. The Kier molecular flexibility index (Phi) is 11.1. The first-order valence-electron chi connectivity index (χ1n) is 17.9. The first-order chi connectivity index (χ1) is 26.8. The van der Waals surface area contributed by atoms with Crippen LogP contribution < -0.4 is 10.6 Å². The number of aromatic nitrogens is 2. The maximum Gasteiger partial charge on any atom is 0.399 e. The van der Waals surface area contributed by atoms with Crippen LogP contribution in [-0.2, 0) is 31.0 Å². The van der Waals surface area contributed by atoms with Gasteiger partial charge in [-0.2, -0.15) is 8.78 Å². The van der Waals surface area contributed by atoms with E-state index in [2.05, 4.69) is 20.6 Å². The largest absolute Gasteiger partial charge is 0.399 e. The quantitative estimate of drug-likeness (QED) is 0.132. The van der Waals surface area contributed by atoms with Gasteiger partial charge < -0.3 is 30.2 Å². The van der Waals surface area contributed by atoms with Gasteiger partial charge in [-0.3, -0.25) is 23.7 Å². The Labute approximate surface area is 323 Å². The zero-order chi connectivity index (χ0) is 39.6. The summed E-state index contributed by atoms with van der Waals surface area (Å²) in [5.74, 6) is -1.90. The number of carbonyl (C=O) groups is 4. The average Bonchev–Trinajstić information content (AvgIpc) is 3.82. The van der Waals surface area contributed by atoms with E-state index < -0.39 is 48.8 Å². The molecule has 290 valence electrons. The van der Waals surface area contributed by atoms with E-state index in [9.17, 15) is 42.3 Å². The van der Waals surface area contributed by atoms with Crippen molar-refractivity contribution >= 4 is 58.3 Å². The van der Waals surface area contributed by atoms with Gasteiger partial charge in [0.2, 0.25) is 17.7 Å². The number of thiophene rings is 1. The highest BCUT2D eigenvalue weighted by Crippen LogP contribution is 2.59. The van der Waals surface area contributed by atoms with Crippen molar-refractivity contribution in [1.82, 2.24) is 25.1 Å². The van der Waals surface area contributed by atoms with Gasteiger partial charge >= 0.3 is 13.3 Å². The molecule has 2 aliphatic rings. The van der Waals surface area contributed by atoms with Gasteiger partial charge in [0.15, 0.2) is 0 Å². The lowest BCUT2D eigenvalue weighted by Gasteiger charge is -2.38. The third kappa shape index (κ3) is 8.24. The maximum atomic E-state index is 14.5. The molecule has 0 saturated carbocycles. The first-order valence-corrected chi connectivity index (χ1v) is 20.3.